The smallest absolute Gasteiger partial charge is 0.257 e. The van der Waals surface area contributed by atoms with E-state index in [-0.39, 0.29) is 10.6 Å². The van der Waals surface area contributed by atoms with Crippen LogP contribution >= 0.6 is 34.7 Å². The Morgan fingerprint density at radius 3 is 2.78 bits per heavy atom. The van der Waals surface area contributed by atoms with Crippen molar-refractivity contribution in [2.24, 2.45) is 4.99 Å². The first kappa shape index (κ1) is 18.5. The van der Waals surface area contributed by atoms with Gasteiger partial charge in [0.05, 0.1) is 28.4 Å². The van der Waals surface area contributed by atoms with Gasteiger partial charge in [0, 0.05) is 30.1 Å². The number of thiazole rings is 1. The highest BCUT2D eigenvalue weighted by Gasteiger charge is 2.21. The number of nitrogens with one attached hydrogen (secondary N) is 1. The topological polar surface area (TPSA) is 57.6 Å². The largest absolute Gasteiger partial charge is 0.358 e. The van der Waals surface area contributed by atoms with Gasteiger partial charge >= 0.3 is 0 Å². The number of amides is 1. The first-order valence-corrected chi connectivity index (χ1v) is 10.9. The summed E-state index contributed by atoms with van der Waals surface area (Å²) in [5, 5.41) is 5.82. The molecule has 0 bridgehead atoms. The number of amidine groups is 1. The van der Waals surface area contributed by atoms with E-state index in [0.717, 1.165) is 47.2 Å². The molecule has 2 aromatic rings. The highest BCUT2D eigenvalue weighted by molar-refractivity contribution is 8.05. The van der Waals surface area contributed by atoms with E-state index in [2.05, 4.69) is 51.5 Å². The van der Waals surface area contributed by atoms with Crippen molar-refractivity contribution in [2.45, 2.75) is 17.7 Å². The number of aliphatic imine (C=N–C) groups is 1. The molecule has 8 heteroatoms. The Hall–Kier alpha value is -1.83. The number of likely N-dealkylation sites (N-methyl/N-ethyl adjacent to an activating group) is 1. The summed E-state index contributed by atoms with van der Waals surface area (Å²) in [6.07, 6.45) is 2.62. The van der Waals surface area contributed by atoms with Crippen molar-refractivity contribution in [3.8, 4) is 11.3 Å². The van der Waals surface area contributed by atoms with Crippen LogP contribution in [0.15, 0.2) is 45.6 Å². The summed E-state index contributed by atoms with van der Waals surface area (Å²) in [4.78, 5) is 24.2. The highest BCUT2D eigenvalue weighted by Crippen LogP contribution is 2.34. The number of halogens is 1. The van der Waals surface area contributed by atoms with E-state index in [9.17, 15) is 4.79 Å². The van der Waals surface area contributed by atoms with Crippen molar-refractivity contribution < 1.29 is 4.79 Å². The van der Waals surface area contributed by atoms with Crippen LogP contribution in [0.4, 0.5) is 0 Å². The van der Waals surface area contributed by atoms with Crippen molar-refractivity contribution >= 4 is 46.4 Å². The van der Waals surface area contributed by atoms with Gasteiger partial charge in [0.1, 0.15) is 10.8 Å². The van der Waals surface area contributed by atoms with Crippen LogP contribution in [0.5, 0.6) is 0 Å². The first-order chi connectivity index (χ1) is 13.1. The average molecular weight is 419 g/mol. The molecule has 1 N–H and O–H groups in total. The van der Waals surface area contributed by atoms with Gasteiger partial charge in [-0.3, -0.25) is 9.79 Å². The van der Waals surface area contributed by atoms with Gasteiger partial charge < -0.3 is 10.2 Å². The Balaban J connectivity index is 1.38. The molecule has 4 rings (SSSR count). The molecule has 3 heterocycles. The zero-order chi connectivity index (χ0) is 18.8. The van der Waals surface area contributed by atoms with Crippen LogP contribution in [0, 0.1) is 0 Å². The van der Waals surface area contributed by atoms with Gasteiger partial charge in [-0.15, -0.1) is 34.7 Å². The van der Waals surface area contributed by atoms with Gasteiger partial charge in [-0.2, -0.15) is 0 Å². The molecule has 2 aliphatic heterocycles. The lowest BCUT2D eigenvalue weighted by atomic mass is 10.1. The number of alkyl halides is 1. The molecule has 140 valence electrons. The molecule has 0 saturated heterocycles. The summed E-state index contributed by atoms with van der Waals surface area (Å²) in [5.74, 6) is 0.965. The van der Waals surface area contributed by atoms with Gasteiger partial charge in [-0.25, -0.2) is 4.98 Å². The molecule has 27 heavy (non-hydrogen) atoms. The second-order valence-electron chi connectivity index (χ2n) is 6.35. The van der Waals surface area contributed by atoms with Crippen LogP contribution < -0.4 is 5.32 Å². The van der Waals surface area contributed by atoms with E-state index in [1.807, 2.05) is 11.5 Å². The molecule has 0 saturated carbocycles. The SMILES string of the molecule is CN1CCN=C1c1ccc(-c2csc(CNC(=O)C3=CCC(Cl)S3)n2)cc1. The molecule has 1 aromatic heterocycles. The van der Waals surface area contributed by atoms with Gasteiger partial charge in [-0.1, -0.05) is 30.3 Å². The summed E-state index contributed by atoms with van der Waals surface area (Å²) >= 11 is 8.97. The number of thioether (sulfide) groups is 1. The quantitative estimate of drug-likeness (QED) is 0.752. The van der Waals surface area contributed by atoms with E-state index in [1.165, 1.54) is 11.8 Å². The van der Waals surface area contributed by atoms with Gasteiger partial charge in [0.2, 0.25) is 0 Å². The summed E-state index contributed by atoms with van der Waals surface area (Å²) in [5.41, 5.74) is 3.11. The van der Waals surface area contributed by atoms with E-state index < -0.39 is 0 Å². The number of carbonyl (C=O) groups excluding carboxylic acids is 1. The van der Waals surface area contributed by atoms with Gasteiger partial charge in [0.25, 0.3) is 5.91 Å². The van der Waals surface area contributed by atoms with Crippen molar-refractivity contribution in [3.05, 3.63) is 51.2 Å². The van der Waals surface area contributed by atoms with E-state index in [0.29, 0.717) is 11.4 Å². The lowest BCUT2D eigenvalue weighted by Gasteiger charge is -2.13. The fraction of sp³-hybridized carbons (Fsp3) is 0.316. The Morgan fingerprint density at radius 2 is 2.11 bits per heavy atom. The Bertz CT molecular complexity index is 907. The minimum Gasteiger partial charge on any atom is -0.358 e. The molecular formula is C19H19ClN4OS2. The third-order valence-corrected chi connectivity index (χ3v) is 6.76. The van der Waals surface area contributed by atoms with Gasteiger partial charge in [-0.05, 0) is 6.42 Å². The number of allylic oxidation sites excluding steroid dienone is 1. The molecule has 0 fully saturated rings. The number of hydrogen-bond acceptors (Lipinski definition) is 6. The molecule has 0 radical (unpaired) electrons. The third kappa shape index (κ3) is 4.20. The van der Waals surface area contributed by atoms with Crippen molar-refractivity contribution in [1.29, 1.82) is 0 Å². The normalized spacial score (nSPS) is 19.2. The van der Waals surface area contributed by atoms with Crippen LogP contribution in [-0.4, -0.2) is 46.5 Å². The Labute approximate surface area is 171 Å². The van der Waals surface area contributed by atoms with Crippen LogP contribution in [0.2, 0.25) is 0 Å². The summed E-state index contributed by atoms with van der Waals surface area (Å²) in [7, 11) is 2.06. The minimum atomic E-state index is -0.0780. The molecule has 0 aliphatic carbocycles. The van der Waals surface area contributed by atoms with Crippen LogP contribution in [-0.2, 0) is 11.3 Å². The molecule has 1 atom stereocenters. The third-order valence-electron chi connectivity index (χ3n) is 4.42. The molecular weight excluding hydrogens is 400 g/mol. The maximum atomic E-state index is 12.1. The maximum Gasteiger partial charge on any atom is 0.257 e. The van der Waals surface area contributed by atoms with Crippen LogP contribution in [0.1, 0.15) is 17.0 Å². The standard InChI is InChI=1S/C19H19ClN4OS2/c1-24-9-8-21-18(24)13-4-2-12(3-5-13)14-11-26-17(23-14)10-22-19(25)15-6-7-16(20)27-15/h2-6,11,16H,7-10H2,1H3,(H,22,25). The number of nitrogens with zero attached hydrogens (tertiary/aromatic N) is 3. The monoisotopic (exact) mass is 418 g/mol. The zero-order valence-corrected chi connectivity index (χ0v) is 17.2. The van der Waals surface area contributed by atoms with E-state index in [4.69, 9.17) is 11.6 Å². The summed E-state index contributed by atoms with van der Waals surface area (Å²) in [6.45, 7) is 2.25. The number of carbonyl (C=O) groups is 1. The van der Waals surface area contributed by atoms with Gasteiger partial charge in [0.15, 0.2) is 0 Å². The van der Waals surface area contributed by atoms with Crippen LogP contribution in [0.25, 0.3) is 11.3 Å². The second kappa shape index (κ2) is 8.04. The molecule has 5 nitrogen and oxygen atoms in total. The predicted octanol–water partition coefficient (Wildman–Crippen LogP) is 3.70. The molecule has 0 spiro atoms. The highest BCUT2D eigenvalue weighted by atomic mass is 35.5. The van der Waals surface area contributed by atoms with Crippen molar-refractivity contribution in [2.75, 3.05) is 20.1 Å². The second-order valence-corrected chi connectivity index (χ2v) is 9.32. The predicted molar refractivity (Wildman–Crippen MR) is 113 cm³/mol. The number of hydrogen-bond donors (Lipinski definition) is 1. The number of rotatable bonds is 5. The lowest BCUT2D eigenvalue weighted by Crippen LogP contribution is -2.23. The molecule has 1 unspecified atom stereocenters. The minimum absolute atomic E-state index is 0.0322. The molecule has 1 amide bonds. The van der Waals surface area contributed by atoms with E-state index >= 15 is 0 Å². The van der Waals surface area contributed by atoms with Crippen molar-refractivity contribution in [3.63, 3.8) is 0 Å². The Morgan fingerprint density at radius 1 is 1.33 bits per heavy atom. The lowest BCUT2D eigenvalue weighted by molar-refractivity contribution is -0.116. The average Bonchev–Trinajstić information content (AvgIpc) is 3.41. The summed E-state index contributed by atoms with van der Waals surface area (Å²) in [6, 6.07) is 8.32. The number of aromatic nitrogens is 1. The Kier molecular flexibility index (Phi) is 5.52. The fourth-order valence-electron chi connectivity index (χ4n) is 2.98. The van der Waals surface area contributed by atoms with Crippen LogP contribution in [0.3, 0.4) is 0 Å². The summed E-state index contributed by atoms with van der Waals surface area (Å²) < 4.78 is -0.0322. The maximum absolute atomic E-state index is 12.1. The zero-order valence-electron chi connectivity index (χ0n) is 14.8. The van der Waals surface area contributed by atoms with Crippen molar-refractivity contribution in [1.82, 2.24) is 15.2 Å². The molecule has 1 aromatic carbocycles. The fourth-order valence-corrected chi connectivity index (χ4v) is 4.94. The molecule has 2 aliphatic rings. The first-order valence-electron chi connectivity index (χ1n) is 8.70. The van der Waals surface area contributed by atoms with E-state index in [1.54, 1.807) is 11.3 Å². The number of benzene rings is 1.